The van der Waals surface area contributed by atoms with Crippen molar-refractivity contribution in [2.24, 2.45) is 11.8 Å². The Balaban J connectivity index is 1.78. The Morgan fingerprint density at radius 2 is 1.76 bits per heavy atom. The number of rotatable bonds is 5. The van der Waals surface area contributed by atoms with Crippen molar-refractivity contribution in [1.29, 1.82) is 0 Å². The monoisotopic (exact) mass is 356 g/mol. The third-order valence-corrected chi connectivity index (χ3v) is 4.96. The van der Waals surface area contributed by atoms with Crippen molar-refractivity contribution in [3.05, 3.63) is 0 Å². The minimum atomic E-state index is -2.62. The van der Waals surface area contributed by atoms with Gasteiger partial charge in [-0.2, -0.15) is 0 Å². The lowest BCUT2D eigenvalue weighted by Crippen LogP contribution is -2.60. The zero-order valence-electron chi connectivity index (χ0n) is 16.2. The molecule has 5 heteroatoms. The van der Waals surface area contributed by atoms with Crippen molar-refractivity contribution in [2.45, 2.75) is 65.0 Å². The van der Waals surface area contributed by atoms with Crippen molar-refractivity contribution < 1.29 is 13.5 Å². The van der Waals surface area contributed by atoms with E-state index in [2.05, 4.69) is 39.5 Å². The molecule has 0 saturated carbocycles. The standard InChI is InChI=1S/C20H34F2N2O/c1-16(2)6-5-13-25-18-7-11-24(12-8-18)19-9-10-23(14-17(3)4)15-20(19,21)22/h16-19H,7-15H2,1-4H3. The van der Waals surface area contributed by atoms with Gasteiger partial charge in [0, 0.05) is 32.1 Å². The number of hydrogen-bond donors (Lipinski definition) is 0. The number of hydrogen-bond acceptors (Lipinski definition) is 3. The third-order valence-electron chi connectivity index (χ3n) is 4.96. The van der Waals surface area contributed by atoms with Crippen LogP contribution in [0.15, 0.2) is 0 Å². The van der Waals surface area contributed by atoms with Crippen LogP contribution in [-0.4, -0.2) is 67.2 Å². The fourth-order valence-corrected chi connectivity index (χ4v) is 3.88. The Morgan fingerprint density at radius 1 is 1.08 bits per heavy atom. The van der Waals surface area contributed by atoms with Gasteiger partial charge in [-0.1, -0.05) is 39.5 Å². The van der Waals surface area contributed by atoms with Crippen LogP contribution >= 0.6 is 0 Å². The second kappa shape index (κ2) is 9.30. The molecule has 2 heterocycles. The molecule has 25 heavy (non-hydrogen) atoms. The molecule has 1 atom stereocenters. The van der Waals surface area contributed by atoms with E-state index >= 15 is 0 Å². The van der Waals surface area contributed by atoms with Crippen LogP contribution in [0.3, 0.4) is 0 Å². The predicted molar refractivity (Wildman–Crippen MR) is 97.8 cm³/mol. The van der Waals surface area contributed by atoms with Crippen LogP contribution < -0.4 is 0 Å². The van der Waals surface area contributed by atoms with Crippen molar-refractivity contribution in [2.75, 3.05) is 39.3 Å². The summed E-state index contributed by atoms with van der Waals surface area (Å²) in [6, 6.07) is -0.613. The summed E-state index contributed by atoms with van der Waals surface area (Å²) < 4.78 is 35.1. The first-order valence-electron chi connectivity index (χ1n) is 9.72. The molecule has 0 aromatic heterocycles. The zero-order valence-corrected chi connectivity index (χ0v) is 16.2. The molecule has 0 N–H and O–H groups in total. The molecule has 1 unspecified atom stereocenters. The summed E-state index contributed by atoms with van der Waals surface area (Å²) in [7, 11) is 0. The lowest BCUT2D eigenvalue weighted by molar-refractivity contribution is -0.137. The first-order valence-corrected chi connectivity index (χ1v) is 9.72. The van der Waals surface area contributed by atoms with Crippen molar-refractivity contribution >= 4 is 0 Å². The van der Waals surface area contributed by atoms with Gasteiger partial charge in [-0.05, 0) is 25.2 Å². The Morgan fingerprint density at radius 3 is 2.32 bits per heavy atom. The van der Waals surface area contributed by atoms with Gasteiger partial charge in [-0.25, -0.2) is 8.78 Å². The predicted octanol–water partition coefficient (Wildman–Crippen LogP) is 3.49. The highest BCUT2D eigenvalue weighted by atomic mass is 19.3. The highest BCUT2D eigenvalue weighted by molar-refractivity contribution is 5.01. The number of alkyl halides is 2. The molecule has 0 aromatic carbocycles. The van der Waals surface area contributed by atoms with Gasteiger partial charge in [-0.3, -0.25) is 9.80 Å². The third kappa shape index (κ3) is 6.51. The highest BCUT2D eigenvalue weighted by Crippen LogP contribution is 2.33. The molecule has 3 nitrogen and oxygen atoms in total. The molecule has 0 amide bonds. The molecular formula is C20H34F2N2O. The SMILES string of the molecule is CC(C)C#CCOC1CCN(C2CCN(CC(C)C)CC2(F)F)CC1. The van der Waals surface area contributed by atoms with Crippen LogP contribution in [0.25, 0.3) is 0 Å². The van der Waals surface area contributed by atoms with Gasteiger partial charge in [0.1, 0.15) is 6.61 Å². The van der Waals surface area contributed by atoms with E-state index in [1.54, 1.807) is 0 Å². The fourth-order valence-electron chi connectivity index (χ4n) is 3.88. The first kappa shape index (κ1) is 20.6. The lowest BCUT2D eigenvalue weighted by atomic mass is 9.95. The van der Waals surface area contributed by atoms with Crippen LogP contribution in [0.5, 0.6) is 0 Å². The van der Waals surface area contributed by atoms with Crippen molar-refractivity contribution in [1.82, 2.24) is 9.80 Å². The summed E-state index contributed by atoms with van der Waals surface area (Å²) in [6.07, 6.45) is 2.37. The molecule has 2 aliphatic rings. The smallest absolute Gasteiger partial charge is 0.275 e. The van der Waals surface area contributed by atoms with Crippen molar-refractivity contribution in [3.8, 4) is 11.8 Å². The van der Waals surface area contributed by atoms with Gasteiger partial charge in [0.25, 0.3) is 5.92 Å². The Kier molecular flexibility index (Phi) is 7.67. The van der Waals surface area contributed by atoms with Gasteiger partial charge in [0.15, 0.2) is 0 Å². The fraction of sp³-hybridized carbons (Fsp3) is 0.900. The summed E-state index contributed by atoms with van der Waals surface area (Å²) in [5, 5.41) is 0. The zero-order chi connectivity index (χ0) is 18.4. The average molecular weight is 357 g/mol. The summed E-state index contributed by atoms with van der Waals surface area (Å²) in [4.78, 5) is 3.91. The normalized spacial score (nSPS) is 26.0. The van der Waals surface area contributed by atoms with Gasteiger partial charge < -0.3 is 4.74 Å². The average Bonchev–Trinajstić information content (AvgIpc) is 2.51. The molecule has 144 valence electrons. The van der Waals surface area contributed by atoms with Crippen LogP contribution in [0, 0.1) is 23.7 Å². The van der Waals surface area contributed by atoms with Crippen LogP contribution in [0.2, 0.25) is 0 Å². The second-order valence-corrected chi connectivity index (χ2v) is 8.22. The number of piperidine rings is 2. The van der Waals surface area contributed by atoms with E-state index in [0.717, 1.165) is 25.9 Å². The molecular weight excluding hydrogens is 322 g/mol. The molecule has 0 aliphatic carbocycles. The Hall–Kier alpha value is -0.700. The van der Waals surface area contributed by atoms with E-state index < -0.39 is 12.0 Å². The minimum absolute atomic E-state index is 0.100. The maximum absolute atomic E-state index is 14.6. The first-order chi connectivity index (χ1) is 11.8. The van der Waals surface area contributed by atoms with E-state index in [1.807, 2.05) is 9.80 Å². The summed E-state index contributed by atoms with van der Waals surface area (Å²) in [5.41, 5.74) is 0. The second-order valence-electron chi connectivity index (χ2n) is 8.22. The number of likely N-dealkylation sites (tertiary alicyclic amines) is 2. The van der Waals surface area contributed by atoms with E-state index in [4.69, 9.17) is 4.74 Å². The van der Waals surface area contributed by atoms with E-state index in [9.17, 15) is 8.78 Å². The largest absolute Gasteiger partial charge is 0.365 e. The van der Waals surface area contributed by atoms with Gasteiger partial charge >= 0.3 is 0 Å². The molecule has 2 saturated heterocycles. The molecule has 0 bridgehead atoms. The number of halogens is 2. The Bertz CT molecular complexity index is 462. The number of nitrogens with zero attached hydrogens (tertiary/aromatic N) is 2. The Labute approximate surface area is 152 Å². The quantitative estimate of drug-likeness (QED) is 0.702. The molecule has 0 radical (unpaired) electrons. The van der Waals surface area contributed by atoms with Crippen LogP contribution in [0.1, 0.15) is 47.0 Å². The van der Waals surface area contributed by atoms with Crippen molar-refractivity contribution in [3.63, 3.8) is 0 Å². The highest BCUT2D eigenvalue weighted by Gasteiger charge is 2.47. The van der Waals surface area contributed by atoms with Gasteiger partial charge in [-0.15, -0.1) is 0 Å². The molecule has 2 fully saturated rings. The van der Waals surface area contributed by atoms with Gasteiger partial charge in [0.05, 0.1) is 18.7 Å². The summed E-state index contributed by atoms with van der Waals surface area (Å²) in [6.45, 7) is 11.6. The van der Waals surface area contributed by atoms with E-state index in [0.29, 0.717) is 38.0 Å². The maximum Gasteiger partial charge on any atom is 0.275 e. The summed E-state index contributed by atoms with van der Waals surface area (Å²) >= 11 is 0. The molecule has 0 spiro atoms. The van der Waals surface area contributed by atoms with Crippen LogP contribution in [-0.2, 0) is 4.74 Å². The number of ether oxygens (including phenoxy) is 1. The van der Waals surface area contributed by atoms with Crippen LogP contribution in [0.4, 0.5) is 8.78 Å². The lowest BCUT2D eigenvalue weighted by Gasteiger charge is -2.46. The topological polar surface area (TPSA) is 15.7 Å². The minimum Gasteiger partial charge on any atom is -0.365 e. The molecule has 0 aromatic rings. The van der Waals surface area contributed by atoms with E-state index in [-0.39, 0.29) is 12.6 Å². The maximum atomic E-state index is 14.6. The van der Waals surface area contributed by atoms with E-state index in [1.165, 1.54) is 0 Å². The molecule has 2 rings (SSSR count). The van der Waals surface area contributed by atoms with Gasteiger partial charge in [0.2, 0.25) is 0 Å². The summed E-state index contributed by atoms with van der Waals surface area (Å²) in [5.74, 6) is 4.28. The molecule has 2 aliphatic heterocycles.